The van der Waals surface area contributed by atoms with E-state index in [0.717, 1.165) is 25.2 Å². The lowest BCUT2D eigenvalue weighted by atomic mass is 9.69. The van der Waals surface area contributed by atoms with Crippen LogP contribution in [0.5, 0.6) is 0 Å². The van der Waals surface area contributed by atoms with Crippen LogP contribution in [0.2, 0.25) is 0 Å². The van der Waals surface area contributed by atoms with E-state index in [0.29, 0.717) is 25.7 Å². The van der Waals surface area contributed by atoms with Crippen LogP contribution in [-0.2, 0) is 14.3 Å². The fourth-order valence-electron chi connectivity index (χ4n) is 5.00. The third-order valence-corrected chi connectivity index (χ3v) is 6.77. The van der Waals surface area contributed by atoms with E-state index in [2.05, 4.69) is 11.7 Å². The van der Waals surface area contributed by atoms with Gasteiger partial charge in [-0.2, -0.15) is 0 Å². The van der Waals surface area contributed by atoms with Crippen LogP contribution in [0.1, 0.15) is 77.6 Å². The van der Waals surface area contributed by atoms with Gasteiger partial charge in [-0.3, -0.25) is 9.53 Å². The second-order valence-electron chi connectivity index (χ2n) is 8.87. The number of alkyl halides is 4. The van der Waals surface area contributed by atoms with Crippen molar-refractivity contribution in [1.29, 1.82) is 0 Å². The Labute approximate surface area is 164 Å². The minimum atomic E-state index is -4.64. The van der Waals surface area contributed by atoms with Gasteiger partial charge >= 0.3 is 12.3 Å². The van der Waals surface area contributed by atoms with Crippen molar-refractivity contribution in [3.63, 3.8) is 0 Å². The van der Waals surface area contributed by atoms with Gasteiger partial charge in [0.2, 0.25) is 0 Å². The van der Waals surface area contributed by atoms with Gasteiger partial charge in [0.25, 0.3) is 0 Å². The van der Waals surface area contributed by atoms with Gasteiger partial charge in [0.05, 0.1) is 12.0 Å². The molecule has 3 aliphatic carbocycles. The standard InChI is InChI=1S/C21H31F4O3/c1-13-2-4-14(5-3-13)15-6-11-18(19(22)12-15)20(26)27-16-7-9-17(10-8-16)28-21(23,24)25/h13,15-19H,2-12H2,1H3. The third-order valence-electron chi connectivity index (χ3n) is 6.77. The zero-order valence-corrected chi connectivity index (χ0v) is 16.5. The number of rotatable bonds is 4. The summed E-state index contributed by atoms with van der Waals surface area (Å²) < 4.78 is 61.0. The highest BCUT2D eigenvalue weighted by molar-refractivity contribution is 5.73. The topological polar surface area (TPSA) is 35.5 Å². The normalized spacial score (nSPS) is 36.2. The Kier molecular flexibility index (Phi) is 7.26. The quantitative estimate of drug-likeness (QED) is 0.429. The Morgan fingerprint density at radius 3 is 2.11 bits per heavy atom. The Morgan fingerprint density at radius 2 is 1.54 bits per heavy atom. The molecule has 3 nitrogen and oxygen atoms in total. The summed E-state index contributed by atoms with van der Waals surface area (Å²) in [5, 5.41) is 0. The molecule has 0 aromatic rings. The van der Waals surface area contributed by atoms with Crippen molar-refractivity contribution >= 4 is 5.97 Å². The van der Waals surface area contributed by atoms with Gasteiger partial charge in [-0.25, -0.2) is 4.39 Å². The smallest absolute Gasteiger partial charge is 0.462 e. The average molecular weight is 407 g/mol. The highest BCUT2D eigenvalue weighted by Crippen LogP contribution is 2.44. The predicted octanol–water partition coefficient (Wildman–Crippen LogP) is 5.92. The monoisotopic (exact) mass is 407 g/mol. The van der Waals surface area contributed by atoms with E-state index >= 15 is 0 Å². The predicted molar refractivity (Wildman–Crippen MR) is 95.9 cm³/mol. The van der Waals surface area contributed by atoms with Crippen LogP contribution >= 0.6 is 0 Å². The fraction of sp³-hybridized carbons (Fsp3) is 0.905. The summed E-state index contributed by atoms with van der Waals surface area (Å²) in [7, 11) is 0. The Balaban J connectivity index is 1.41. The molecule has 0 bridgehead atoms. The summed E-state index contributed by atoms with van der Waals surface area (Å²) in [5.74, 6) is 1.24. The summed E-state index contributed by atoms with van der Waals surface area (Å²) in [6.07, 6.45) is 0.142. The van der Waals surface area contributed by atoms with Gasteiger partial charge in [0, 0.05) is 0 Å². The minimum Gasteiger partial charge on any atom is -0.462 e. The number of halogens is 4. The molecule has 161 valence electrons. The van der Waals surface area contributed by atoms with Crippen molar-refractivity contribution in [3.05, 3.63) is 5.92 Å². The van der Waals surface area contributed by atoms with Crippen molar-refractivity contribution in [1.82, 2.24) is 0 Å². The Hall–Kier alpha value is -0.850. The van der Waals surface area contributed by atoms with E-state index in [1.54, 1.807) is 0 Å². The molecule has 0 saturated heterocycles. The third kappa shape index (κ3) is 6.07. The molecule has 3 saturated carbocycles. The van der Waals surface area contributed by atoms with E-state index in [1.807, 2.05) is 0 Å². The van der Waals surface area contributed by atoms with Gasteiger partial charge in [0.1, 0.15) is 12.3 Å². The molecular weight excluding hydrogens is 376 g/mol. The molecule has 28 heavy (non-hydrogen) atoms. The van der Waals surface area contributed by atoms with Crippen LogP contribution in [-0.4, -0.2) is 30.7 Å². The Bertz CT molecular complexity index is 508. The van der Waals surface area contributed by atoms with E-state index < -0.39 is 36.6 Å². The van der Waals surface area contributed by atoms with Crippen LogP contribution in [0.15, 0.2) is 0 Å². The lowest BCUT2D eigenvalue weighted by Crippen LogP contribution is -2.38. The van der Waals surface area contributed by atoms with E-state index in [-0.39, 0.29) is 18.8 Å². The molecule has 3 atom stereocenters. The highest BCUT2D eigenvalue weighted by Gasteiger charge is 2.41. The van der Waals surface area contributed by atoms with Crippen molar-refractivity contribution in [2.45, 2.75) is 102 Å². The molecule has 0 amide bonds. The molecular formula is C21H31F4O3. The summed E-state index contributed by atoms with van der Waals surface area (Å²) in [4.78, 5) is 12.4. The summed E-state index contributed by atoms with van der Waals surface area (Å²) in [6.45, 7) is 2.25. The number of carbonyl (C=O) groups excluding carboxylic acids is 1. The van der Waals surface area contributed by atoms with Crippen LogP contribution < -0.4 is 0 Å². The van der Waals surface area contributed by atoms with E-state index in [1.165, 1.54) is 18.8 Å². The Morgan fingerprint density at radius 1 is 0.929 bits per heavy atom. The van der Waals surface area contributed by atoms with Crippen LogP contribution in [0.25, 0.3) is 0 Å². The molecule has 0 aromatic carbocycles. The maximum atomic E-state index is 14.7. The van der Waals surface area contributed by atoms with E-state index in [4.69, 9.17) is 4.74 Å². The zero-order chi connectivity index (χ0) is 20.3. The minimum absolute atomic E-state index is 0.194. The van der Waals surface area contributed by atoms with Crippen LogP contribution in [0, 0.1) is 23.7 Å². The molecule has 0 heterocycles. The molecule has 0 N–H and O–H groups in total. The maximum Gasteiger partial charge on any atom is 0.522 e. The molecule has 0 aromatic heterocycles. The number of carbonyl (C=O) groups is 1. The molecule has 0 aliphatic heterocycles. The lowest BCUT2D eigenvalue weighted by Gasteiger charge is -2.38. The highest BCUT2D eigenvalue weighted by atomic mass is 19.4. The second-order valence-corrected chi connectivity index (χ2v) is 8.87. The summed E-state index contributed by atoms with van der Waals surface area (Å²) >= 11 is 0. The largest absolute Gasteiger partial charge is 0.522 e. The van der Waals surface area contributed by atoms with Crippen LogP contribution in [0.4, 0.5) is 17.6 Å². The molecule has 3 aliphatic rings. The first-order chi connectivity index (χ1) is 13.2. The van der Waals surface area contributed by atoms with Gasteiger partial charge < -0.3 is 4.74 Å². The molecule has 1 radical (unpaired) electrons. The number of esters is 1. The van der Waals surface area contributed by atoms with Crippen LogP contribution in [0.3, 0.4) is 0 Å². The second kappa shape index (κ2) is 9.31. The fourth-order valence-corrected chi connectivity index (χ4v) is 5.00. The molecule has 3 fully saturated rings. The van der Waals surface area contributed by atoms with Crippen molar-refractivity contribution in [2.75, 3.05) is 0 Å². The first-order valence-corrected chi connectivity index (χ1v) is 10.6. The van der Waals surface area contributed by atoms with Gasteiger partial charge in [-0.1, -0.05) is 19.8 Å². The van der Waals surface area contributed by atoms with Gasteiger partial charge in [0.15, 0.2) is 0 Å². The van der Waals surface area contributed by atoms with Gasteiger partial charge in [-0.05, 0) is 75.5 Å². The van der Waals surface area contributed by atoms with E-state index in [9.17, 15) is 22.4 Å². The summed E-state index contributed by atoms with van der Waals surface area (Å²) in [5.41, 5.74) is 0. The number of ether oxygens (including phenoxy) is 2. The molecule has 3 unspecified atom stereocenters. The number of hydrogen-bond donors (Lipinski definition) is 0. The first kappa shape index (κ1) is 21.8. The average Bonchev–Trinajstić information content (AvgIpc) is 2.62. The molecule has 3 rings (SSSR count). The molecule has 0 spiro atoms. The van der Waals surface area contributed by atoms with Crippen molar-refractivity contribution < 1.29 is 31.8 Å². The zero-order valence-electron chi connectivity index (χ0n) is 16.5. The van der Waals surface area contributed by atoms with Crippen molar-refractivity contribution in [2.24, 2.45) is 17.8 Å². The molecule has 7 heteroatoms. The lowest BCUT2D eigenvalue weighted by molar-refractivity contribution is -0.346. The summed E-state index contributed by atoms with van der Waals surface area (Å²) in [6, 6.07) is 0. The SMILES string of the molecule is CC1CC[C](C2CCC(C(=O)OC3CCC(OC(F)(F)F)CC3)C(F)C2)CC1. The van der Waals surface area contributed by atoms with Crippen molar-refractivity contribution in [3.8, 4) is 0 Å². The maximum absolute atomic E-state index is 14.7. The van der Waals surface area contributed by atoms with Gasteiger partial charge in [-0.15, -0.1) is 13.2 Å². The number of hydrogen-bond acceptors (Lipinski definition) is 3. The first-order valence-electron chi connectivity index (χ1n) is 10.6.